The van der Waals surface area contributed by atoms with Crippen LogP contribution < -0.4 is 5.32 Å². The van der Waals surface area contributed by atoms with Gasteiger partial charge in [-0.15, -0.1) is 11.3 Å². The highest BCUT2D eigenvalue weighted by molar-refractivity contribution is 7.10. The molecule has 2 aromatic heterocycles. The van der Waals surface area contributed by atoms with Gasteiger partial charge in [0.2, 0.25) is 0 Å². The topological polar surface area (TPSA) is 51.5 Å². The van der Waals surface area contributed by atoms with E-state index in [0.29, 0.717) is 17.9 Å². The van der Waals surface area contributed by atoms with Gasteiger partial charge in [0.1, 0.15) is 17.1 Å². The fourth-order valence-corrected chi connectivity index (χ4v) is 3.03. The van der Waals surface area contributed by atoms with Gasteiger partial charge in [-0.2, -0.15) is 0 Å². The molecule has 0 aliphatic carbocycles. The summed E-state index contributed by atoms with van der Waals surface area (Å²) in [6, 6.07) is 3.90. The molecule has 0 fully saturated rings. The lowest BCUT2D eigenvalue weighted by Gasteiger charge is -2.03. The number of esters is 1. The summed E-state index contributed by atoms with van der Waals surface area (Å²) in [5.74, 6) is 0.987. The molecule has 0 saturated heterocycles. The van der Waals surface area contributed by atoms with E-state index in [1.807, 2.05) is 0 Å². The Morgan fingerprint density at radius 3 is 2.95 bits per heavy atom. The van der Waals surface area contributed by atoms with Crippen molar-refractivity contribution in [2.75, 3.05) is 7.11 Å². The van der Waals surface area contributed by atoms with E-state index in [1.165, 1.54) is 17.6 Å². The van der Waals surface area contributed by atoms with Crippen molar-refractivity contribution in [1.82, 2.24) is 5.32 Å². The number of hydrogen-bond donors (Lipinski definition) is 1. The Bertz CT molecular complexity index is 586. The van der Waals surface area contributed by atoms with Crippen LogP contribution in [0.15, 0.2) is 21.9 Å². The maximum Gasteiger partial charge on any atom is 0.341 e. The first-order chi connectivity index (χ1) is 9.65. The molecule has 0 saturated carbocycles. The van der Waals surface area contributed by atoms with Gasteiger partial charge in [0.15, 0.2) is 0 Å². The second-order valence-corrected chi connectivity index (χ2v) is 5.50. The predicted octanol–water partition coefficient (Wildman–Crippen LogP) is 3.29. The van der Waals surface area contributed by atoms with Gasteiger partial charge in [0.25, 0.3) is 0 Å². The number of ether oxygens (including phenoxy) is 1. The zero-order valence-electron chi connectivity index (χ0n) is 12.0. The highest BCUT2D eigenvalue weighted by Gasteiger charge is 2.15. The van der Waals surface area contributed by atoms with E-state index in [4.69, 9.17) is 9.15 Å². The minimum absolute atomic E-state index is 0.357. The van der Waals surface area contributed by atoms with Crippen LogP contribution in [0.25, 0.3) is 0 Å². The van der Waals surface area contributed by atoms with Gasteiger partial charge in [-0.25, -0.2) is 4.79 Å². The molecule has 2 heterocycles. The molecule has 0 radical (unpaired) electrons. The first kappa shape index (κ1) is 14.8. The van der Waals surface area contributed by atoms with E-state index in [-0.39, 0.29) is 5.97 Å². The van der Waals surface area contributed by atoms with Crippen LogP contribution in [0.2, 0.25) is 0 Å². The molecule has 1 N–H and O–H groups in total. The number of carbonyl (C=O) groups is 1. The van der Waals surface area contributed by atoms with E-state index in [2.05, 4.69) is 23.7 Å². The molecule has 0 aromatic carbocycles. The van der Waals surface area contributed by atoms with Gasteiger partial charge < -0.3 is 14.5 Å². The van der Waals surface area contributed by atoms with Gasteiger partial charge in [0.05, 0.1) is 13.7 Å². The van der Waals surface area contributed by atoms with Crippen molar-refractivity contribution in [3.8, 4) is 0 Å². The quantitative estimate of drug-likeness (QED) is 0.830. The monoisotopic (exact) mass is 293 g/mol. The van der Waals surface area contributed by atoms with Crippen LogP contribution in [-0.2, 0) is 24.2 Å². The number of carbonyl (C=O) groups excluding carboxylic acids is 1. The molecule has 108 valence electrons. The van der Waals surface area contributed by atoms with Crippen molar-refractivity contribution in [3.63, 3.8) is 0 Å². The summed E-state index contributed by atoms with van der Waals surface area (Å²) in [6.45, 7) is 5.33. The normalized spacial score (nSPS) is 10.8. The highest BCUT2D eigenvalue weighted by atomic mass is 32.1. The van der Waals surface area contributed by atoms with Crippen molar-refractivity contribution >= 4 is 17.3 Å². The number of hydrogen-bond acceptors (Lipinski definition) is 5. The van der Waals surface area contributed by atoms with Crippen LogP contribution >= 0.6 is 11.3 Å². The molecule has 0 unspecified atom stereocenters. The SMILES string of the molecule is CCc1ccsc1CNCc1cc(C(=O)OC)c(C)o1. The first-order valence-corrected chi connectivity index (χ1v) is 7.47. The lowest BCUT2D eigenvalue weighted by molar-refractivity contribution is 0.0599. The number of rotatable bonds is 6. The molecule has 2 aromatic rings. The van der Waals surface area contributed by atoms with Gasteiger partial charge in [-0.3, -0.25) is 0 Å². The average Bonchev–Trinajstić information content (AvgIpc) is 3.04. The number of nitrogens with one attached hydrogen (secondary N) is 1. The third kappa shape index (κ3) is 3.29. The molecule has 0 amide bonds. The standard InChI is InChI=1S/C15H19NO3S/c1-4-11-5-6-20-14(11)9-16-8-12-7-13(10(2)19-12)15(17)18-3/h5-7,16H,4,8-9H2,1-3H3. The average molecular weight is 293 g/mol. The van der Waals surface area contributed by atoms with Crippen LogP contribution in [0, 0.1) is 6.92 Å². The second-order valence-electron chi connectivity index (χ2n) is 4.50. The van der Waals surface area contributed by atoms with Crippen molar-refractivity contribution in [1.29, 1.82) is 0 Å². The molecular weight excluding hydrogens is 274 g/mol. The predicted molar refractivity (Wildman–Crippen MR) is 79.0 cm³/mol. The zero-order chi connectivity index (χ0) is 14.5. The van der Waals surface area contributed by atoms with Crippen molar-refractivity contribution in [2.45, 2.75) is 33.4 Å². The molecular formula is C15H19NO3S. The molecule has 0 aliphatic heterocycles. The summed E-state index contributed by atoms with van der Waals surface area (Å²) < 4.78 is 10.3. The fourth-order valence-electron chi connectivity index (χ4n) is 2.08. The third-order valence-electron chi connectivity index (χ3n) is 3.18. The minimum atomic E-state index is -0.357. The van der Waals surface area contributed by atoms with Crippen LogP contribution in [0.1, 0.15) is 39.2 Å². The number of thiophene rings is 1. The largest absolute Gasteiger partial charge is 0.465 e. The lowest BCUT2D eigenvalue weighted by atomic mass is 10.2. The smallest absolute Gasteiger partial charge is 0.341 e. The van der Waals surface area contributed by atoms with Crippen LogP contribution in [0.3, 0.4) is 0 Å². The van der Waals surface area contributed by atoms with E-state index in [1.54, 1.807) is 24.3 Å². The summed E-state index contributed by atoms with van der Waals surface area (Å²) in [5.41, 5.74) is 1.88. The molecule has 20 heavy (non-hydrogen) atoms. The second kappa shape index (κ2) is 6.72. The summed E-state index contributed by atoms with van der Waals surface area (Å²) in [7, 11) is 1.37. The zero-order valence-corrected chi connectivity index (χ0v) is 12.8. The minimum Gasteiger partial charge on any atom is -0.465 e. The Balaban J connectivity index is 1.93. The summed E-state index contributed by atoms with van der Waals surface area (Å²) >= 11 is 1.76. The van der Waals surface area contributed by atoms with Gasteiger partial charge in [-0.05, 0) is 36.4 Å². The van der Waals surface area contributed by atoms with E-state index < -0.39 is 0 Å². The molecule has 4 nitrogen and oxygen atoms in total. The highest BCUT2D eigenvalue weighted by Crippen LogP contribution is 2.18. The van der Waals surface area contributed by atoms with Gasteiger partial charge in [0, 0.05) is 11.4 Å². The van der Waals surface area contributed by atoms with Crippen LogP contribution in [-0.4, -0.2) is 13.1 Å². The van der Waals surface area contributed by atoms with Crippen LogP contribution in [0.4, 0.5) is 0 Å². The Morgan fingerprint density at radius 2 is 2.25 bits per heavy atom. The van der Waals surface area contributed by atoms with E-state index in [0.717, 1.165) is 18.7 Å². The molecule has 0 spiro atoms. The van der Waals surface area contributed by atoms with Gasteiger partial charge in [-0.1, -0.05) is 6.92 Å². The van der Waals surface area contributed by atoms with E-state index in [9.17, 15) is 4.79 Å². The molecule has 0 atom stereocenters. The third-order valence-corrected chi connectivity index (χ3v) is 4.14. The molecule has 5 heteroatoms. The van der Waals surface area contributed by atoms with Crippen molar-refractivity contribution in [2.24, 2.45) is 0 Å². The van der Waals surface area contributed by atoms with E-state index >= 15 is 0 Å². The van der Waals surface area contributed by atoms with Crippen molar-refractivity contribution < 1.29 is 13.9 Å². The van der Waals surface area contributed by atoms with Gasteiger partial charge >= 0.3 is 5.97 Å². The molecule has 0 bridgehead atoms. The number of furan rings is 1. The summed E-state index contributed by atoms with van der Waals surface area (Å²) in [5, 5.41) is 5.45. The summed E-state index contributed by atoms with van der Waals surface area (Å²) in [4.78, 5) is 12.8. The number of methoxy groups -OCH3 is 1. The lowest BCUT2D eigenvalue weighted by Crippen LogP contribution is -2.12. The Kier molecular flexibility index (Phi) is 4.98. The molecule has 2 rings (SSSR count). The maximum atomic E-state index is 11.5. The first-order valence-electron chi connectivity index (χ1n) is 6.59. The number of aryl methyl sites for hydroxylation is 2. The summed E-state index contributed by atoms with van der Waals surface area (Å²) in [6.07, 6.45) is 1.05. The maximum absolute atomic E-state index is 11.5. The Morgan fingerprint density at radius 1 is 1.45 bits per heavy atom. The van der Waals surface area contributed by atoms with Crippen LogP contribution in [0.5, 0.6) is 0 Å². The molecule has 0 aliphatic rings. The van der Waals surface area contributed by atoms with Crippen molar-refractivity contribution in [3.05, 3.63) is 45.0 Å². The fraction of sp³-hybridized carbons (Fsp3) is 0.400. The Hall–Kier alpha value is -1.59. The Labute approximate surface area is 122 Å².